The fraction of sp³-hybridized carbons (Fsp3) is 0.364. The molecule has 0 spiro atoms. The highest BCUT2D eigenvalue weighted by Crippen LogP contribution is 2.27. The first kappa shape index (κ1) is 13.3. The summed E-state index contributed by atoms with van der Waals surface area (Å²) in [6.07, 6.45) is 5.37. The molecular formula is C11H16N6OS. The first-order valence-corrected chi connectivity index (χ1v) is 6.58. The lowest BCUT2D eigenvalue weighted by Crippen LogP contribution is -2.24. The predicted octanol–water partition coefficient (Wildman–Crippen LogP) is 0.782. The fourth-order valence-corrected chi connectivity index (χ4v) is 2.55. The molecule has 2 aromatic rings. The van der Waals surface area contributed by atoms with E-state index >= 15 is 0 Å². The molecule has 2 heterocycles. The van der Waals surface area contributed by atoms with E-state index in [-0.39, 0.29) is 17.8 Å². The molecule has 2 aromatic heterocycles. The molecule has 0 aliphatic rings. The number of rotatable bonds is 5. The van der Waals surface area contributed by atoms with Crippen molar-refractivity contribution in [3.05, 3.63) is 24.3 Å². The van der Waals surface area contributed by atoms with Crippen LogP contribution in [0.5, 0.6) is 0 Å². The van der Waals surface area contributed by atoms with E-state index in [1.807, 2.05) is 17.7 Å². The van der Waals surface area contributed by atoms with E-state index in [1.165, 1.54) is 11.5 Å². The number of nitrogens with two attached hydrogens (primary N) is 1. The molecule has 0 saturated carbocycles. The Kier molecular flexibility index (Phi) is 4.00. The molecule has 0 bridgehead atoms. The average molecular weight is 280 g/mol. The highest BCUT2D eigenvalue weighted by Gasteiger charge is 2.19. The second-order valence-corrected chi connectivity index (χ2v) is 4.93. The monoisotopic (exact) mass is 280 g/mol. The Balaban J connectivity index is 2.08. The Hall–Kier alpha value is -2.09. The standard InChI is InChI=1S/C11H16N6OS/c1-7(5-17-4-3-14-6-17)15-11-8(10(18)13-2)9(12)16-19-11/h3-4,6-7,15H,5H2,1-2H3,(H2,12,16)(H,13,18). The molecule has 8 heteroatoms. The normalized spacial score (nSPS) is 12.1. The van der Waals surface area contributed by atoms with Gasteiger partial charge in [-0.15, -0.1) is 0 Å². The zero-order valence-corrected chi connectivity index (χ0v) is 11.6. The van der Waals surface area contributed by atoms with Crippen molar-refractivity contribution in [3.63, 3.8) is 0 Å². The molecule has 1 unspecified atom stereocenters. The number of anilines is 2. The van der Waals surface area contributed by atoms with Crippen molar-refractivity contribution in [2.75, 3.05) is 18.1 Å². The summed E-state index contributed by atoms with van der Waals surface area (Å²) < 4.78 is 5.97. The summed E-state index contributed by atoms with van der Waals surface area (Å²) in [5.74, 6) is 0.0188. The van der Waals surface area contributed by atoms with Crippen LogP contribution in [-0.2, 0) is 6.54 Å². The first-order chi connectivity index (χ1) is 9.11. The Morgan fingerprint density at radius 2 is 2.42 bits per heavy atom. The van der Waals surface area contributed by atoms with E-state index in [2.05, 4.69) is 20.0 Å². The molecule has 1 amide bonds. The number of nitrogen functional groups attached to an aromatic ring is 1. The molecular weight excluding hydrogens is 264 g/mol. The third-order valence-electron chi connectivity index (χ3n) is 2.59. The van der Waals surface area contributed by atoms with Gasteiger partial charge < -0.3 is 20.9 Å². The Morgan fingerprint density at radius 1 is 1.63 bits per heavy atom. The molecule has 7 nitrogen and oxygen atoms in total. The van der Waals surface area contributed by atoms with Crippen molar-refractivity contribution in [1.82, 2.24) is 19.2 Å². The van der Waals surface area contributed by atoms with E-state index in [0.717, 1.165) is 6.54 Å². The fourth-order valence-electron chi connectivity index (χ4n) is 1.73. The summed E-state index contributed by atoms with van der Waals surface area (Å²) >= 11 is 1.19. The summed E-state index contributed by atoms with van der Waals surface area (Å²) in [5, 5.41) is 6.50. The van der Waals surface area contributed by atoms with Gasteiger partial charge in [0.1, 0.15) is 10.6 Å². The predicted molar refractivity (Wildman–Crippen MR) is 75.2 cm³/mol. The van der Waals surface area contributed by atoms with Crippen molar-refractivity contribution in [3.8, 4) is 0 Å². The van der Waals surface area contributed by atoms with E-state index in [0.29, 0.717) is 10.6 Å². The van der Waals surface area contributed by atoms with Gasteiger partial charge in [-0.25, -0.2) is 4.98 Å². The number of nitrogens with one attached hydrogen (secondary N) is 2. The van der Waals surface area contributed by atoms with Crippen molar-refractivity contribution in [2.24, 2.45) is 0 Å². The molecule has 0 aliphatic heterocycles. The van der Waals surface area contributed by atoms with E-state index < -0.39 is 0 Å². The minimum atomic E-state index is -0.233. The highest BCUT2D eigenvalue weighted by atomic mass is 32.1. The summed E-state index contributed by atoms with van der Waals surface area (Å²) in [5.41, 5.74) is 6.12. The van der Waals surface area contributed by atoms with Crippen LogP contribution in [0.1, 0.15) is 17.3 Å². The molecule has 0 fully saturated rings. The Labute approximate surface area is 115 Å². The van der Waals surface area contributed by atoms with Gasteiger partial charge in [0.15, 0.2) is 5.82 Å². The van der Waals surface area contributed by atoms with Crippen LogP contribution in [0.4, 0.5) is 10.8 Å². The second-order valence-electron chi connectivity index (χ2n) is 4.16. The Morgan fingerprint density at radius 3 is 3.05 bits per heavy atom. The molecule has 0 saturated heterocycles. The lowest BCUT2D eigenvalue weighted by molar-refractivity contribution is 0.0965. The maximum atomic E-state index is 11.7. The van der Waals surface area contributed by atoms with Gasteiger partial charge >= 0.3 is 0 Å². The lowest BCUT2D eigenvalue weighted by atomic mass is 10.2. The number of hydrogen-bond donors (Lipinski definition) is 3. The number of carbonyl (C=O) groups is 1. The number of aromatic nitrogens is 3. The minimum Gasteiger partial charge on any atom is -0.382 e. The van der Waals surface area contributed by atoms with Gasteiger partial charge in [-0.1, -0.05) is 0 Å². The molecule has 19 heavy (non-hydrogen) atoms. The van der Waals surface area contributed by atoms with Crippen LogP contribution in [0.15, 0.2) is 18.7 Å². The summed E-state index contributed by atoms with van der Waals surface area (Å²) in [6.45, 7) is 2.76. The van der Waals surface area contributed by atoms with E-state index in [9.17, 15) is 4.79 Å². The third-order valence-corrected chi connectivity index (χ3v) is 3.39. The minimum absolute atomic E-state index is 0.123. The largest absolute Gasteiger partial charge is 0.382 e. The van der Waals surface area contributed by atoms with Crippen molar-refractivity contribution in [1.29, 1.82) is 0 Å². The number of imidazole rings is 1. The molecule has 0 aromatic carbocycles. The van der Waals surface area contributed by atoms with Crippen LogP contribution in [0.2, 0.25) is 0 Å². The van der Waals surface area contributed by atoms with Crippen LogP contribution < -0.4 is 16.4 Å². The number of amides is 1. The van der Waals surface area contributed by atoms with Gasteiger partial charge in [0, 0.05) is 32.0 Å². The molecule has 0 radical (unpaired) electrons. The SMILES string of the molecule is CNC(=O)c1c(N)nsc1NC(C)Cn1ccnc1. The summed E-state index contributed by atoms with van der Waals surface area (Å²) in [4.78, 5) is 15.7. The van der Waals surface area contributed by atoms with Crippen LogP contribution in [0.25, 0.3) is 0 Å². The zero-order valence-electron chi connectivity index (χ0n) is 10.8. The maximum absolute atomic E-state index is 11.7. The molecule has 2 rings (SSSR count). The number of nitrogens with zero attached hydrogens (tertiary/aromatic N) is 3. The highest BCUT2D eigenvalue weighted by molar-refractivity contribution is 7.11. The zero-order chi connectivity index (χ0) is 13.8. The average Bonchev–Trinajstić information content (AvgIpc) is 2.99. The van der Waals surface area contributed by atoms with Gasteiger partial charge in [0.25, 0.3) is 5.91 Å². The van der Waals surface area contributed by atoms with Gasteiger partial charge in [-0.3, -0.25) is 4.79 Å². The quantitative estimate of drug-likeness (QED) is 0.752. The van der Waals surface area contributed by atoms with E-state index in [4.69, 9.17) is 5.73 Å². The number of hydrogen-bond acceptors (Lipinski definition) is 6. The third kappa shape index (κ3) is 3.02. The maximum Gasteiger partial charge on any atom is 0.257 e. The molecule has 1 atom stereocenters. The lowest BCUT2D eigenvalue weighted by Gasteiger charge is -2.15. The van der Waals surface area contributed by atoms with Crippen LogP contribution >= 0.6 is 11.5 Å². The topological polar surface area (TPSA) is 97.9 Å². The molecule has 4 N–H and O–H groups in total. The second kappa shape index (κ2) is 5.70. The van der Waals surface area contributed by atoms with Crippen LogP contribution in [-0.4, -0.2) is 32.9 Å². The van der Waals surface area contributed by atoms with Crippen molar-refractivity contribution < 1.29 is 4.79 Å². The summed E-state index contributed by atoms with van der Waals surface area (Å²) in [6, 6.07) is 0.123. The van der Waals surface area contributed by atoms with Gasteiger partial charge in [0.2, 0.25) is 0 Å². The van der Waals surface area contributed by atoms with Crippen LogP contribution in [0.3, 0.4) is 0 Å². The summed E-state index contributed by atoms with van der Waals surface area (Å²) in [7, 11) is 1.57. The van der Waals surface area contributed by atoms with Crippen LogP contribution in [0, 0.1) is 0 Å². The van der Waals surface area contributed by atoms with E-state index in [1.54, 1.807) is 19.6 Å². The van der Waals surface area contributed by atoms with Gasteiger partial charge in [-0.2, -0.15) is 4.37 Å². The Bertz CT molecular complexity index is 550. The smallest absolute Gasteiger partial charge is 0.257 e. The molecule has 102 valence electrons. The molecule has 0 aliphatic carbocycles. The van der Waals surface area contributed by atoms with Gasteiger partial charge in [-0.05, 0) is 18.5 Å². The number of carbonyl (C=O) groups excluding carboxylic acids is 1. The van der Waals surface area contributed by atoms with Gasteiger partial charge in [0.05, 0.1) is 6.33 Å². The van der Waals surface area contributed by atoms with Crippen molar-refractivity contribution in [2.45, 2.75) is 19.5 Å². The van der Waals surface area contributed by atoms with Crippen molar-refractivity contribution >= 4 is 28.3 Å². The first-order valence-electron chi connectivity index (χ1n) is 5.81.